The number of amides is 1. The summed E-state index contributed by atoms with van der Waals surface area (Å²) in [5.41, 5.74) is 1.62. The predicted molar refractivity (Wildman–Crippen MR) is 105 cm³/mol. The van der Waals surface area contributed by atoms with E-state index >= 15 is 0 Å². The summed E-state index contributed by atoms with van der Waals surface area (Å²) in [5.74, 6) is -0.711. The second-order valence-electron chi connectivity index (χ2n) is 6.72. The highest BCUT2D eigenvalue weighted by Gasteiger charge is 2.29. The lowest BCUT2D eigenvalue weighted by molar-refractivity contribution is -0.120. The van der Waals surface area contributed by atoms with Crippen molar-refractivity contribution in [1.29, 1.82) is 0 Å². The van der Waals surface area contributed by atoms with E-state index in [0.717, 1.165) is 23.4 Å². The van der Waals surface area contributed by atoms with E-state index < -0.39 is 21.0 Å². The predicted octanol–water partition coefficient (Wildman–Crippen LogP) is 2.33. The molecule has 1 aliphatic heterocycles. The number of nitrogens with zero attached hydrogens (tertiary/aromatic N) is 1. The summed E-state index contributed by atoms with van der Waals surface area (Å²) in [6, 6.07) is 9.90. The zero-order valence-electron chi connectivity index (χ0n) is 15.3. The number of ether oxygens (including phenoxy) is 1. The Labute approximate surface area is 163 Å². The van der Waals surface area contributed by atoms with Gasteiger partial charge in [-0.15, -0.1) is 11.3 Å². The van der Waals surface area contributed by atoms with Gasteiger partial charge in [-0.1, -0.05) is 30.3 Å². The third kappa shape index (κ3) is 5.60. The molecule has 0 radical (unpaired) electrons. The number of benzene rings is 1. The number of hydrogen-bond acceptors (Lipinski definition) is 6. The number of sulfone groups is 1. The lowest BCUT2D eigenvalue weighted by atomic mass is 10.2. The Morgan fingerprint density at radius 1 is 1.37 bits per heavy atom. The molecule has 2 unspecified atom stereocenters. The van der Waals surface area contributed by atoms with Gasteiger partial charge in [-0.3, -0.25) is 4.79 Å². The fourth-order valence-corrected chi connectivity index (χ4v) is 5.08. The minimum Gasteiger partial charge on any atom is -0.376 e. The molecule has 2 heterocycles. The van der Waals surface area contributed by atoms with Gasteiger partial charge in [0.1, 0.15) is 5.25 Å². The highest BCUT2D eigenvalue weighted by molar-refractivity contribution is 7.92. The van der Waals surface area contributed by atoms with Crippen molar-refractivity contribution in [2.24, 2.45) is 0 Å². The lowest BCUT2D eigenvalue weighted by Gasteiger charge is -2.15. The van der Waals surface area contributed by atoms with Crippen molar-refractivity contribution < 1.29 is 17.9 Å². The summed E-state index contributed by atoms with van der Waals surface area (Å²) in [5, 5.41) is 4.20. The number of aromatic nitrogens is 1. The van der Waals surface area contributed by atoms with E-state index in [0.29, 0.717) is 25.3 Å². The Hall–Kier alpha value is -1.77. The minimum absolute atomic E-state index is 0.0112. The molecule has 2 atom stereocenters. The summed E-state index contributed by atoms with van der Waals surface area (Å²) in [6.07, 6.45) is 2.53. The van der Waals surface area contributed by atoms with Gasteiger partial charge in [0.2, 0.25) is 5.91 Å². The first kappa shape index (κ1) is 20.0. The topological polar surface area (TPSA) is 85.4 Å². The van der Waals surface area contributed by atoms with Crippen molar-refractivity contribution in [2.45, 2.75) is 43.3 Å². The summed E-state index contributed by atoms with van der Waals surface area (Å²) in [7, 11) is -3.63. The van der Waals surface area contributed by atoms with Crippen molar-refractivity contribution in [2.75, 3.05) is 13.2 Å². The molecule has 1 saturated heterocycles. The normalized spacial score (nSPS) is 18.3. The molecular weight excluding hydrogens is 384 g/mol. The Balaban J connectivity index is 1.56. The van der Waals surface area contributed by atoms with Gasteiger partial charge in [0, 0.05) is 25.0 Å². The Morgan fingerprint density at radius 3 is 2.85 bits per heavy atom. The van der Waals surface area contributed by atoms with Crippen LogP contribution in [-0.2, 0) is 31.5 Å². The van der Waals surface area contributed by atoms with E-state index in [-0.39, 0.29) is 11.9 Å². The van der Waals surface area contributed by atoms with E-state index in [1.807, 2.05) is 30.3 Å². The average molecular weight is 409 g/mol. The van der Waals surface area contributed by atoms with Gasteiger partial charge in [-0.05, 0) is 25.3 Å². The molecule has 1 aliphatic rings. The molecule has 0 spiro atoms. The van der Waals surface area contributed by atoms with Crippen LogP contribution in [0.4, 0.5) is 0 Å². The first-order valence-corrected chi connectivity index (χ1v) is 11.6. The summed E-state index contributed by atoms with van der Waals surface area (Å²) in [4.78, 5) is 16.6. The molecule has 0 saturated carbocycles. The van der Waals surface area contributed by atoms with E-state index in [1.165, 1.54) is 18.3 Å². The lowest BCUT2D eigenvalue weighted by Crippen LogP contribution is -2.41. The zero-order chi connectivity index (χ0) is 19.3. The van der Waals surface area contributed by atoms with Gasteiger partial charge in [-0.2, -0.15) is 0 Å². The highest BCUT2D eigenvalue weighted by Crippen LogP contribution is 2.18. The van der Waals surface area contributed by atoms with Crippen molar-refractivity contribution >= 4 is 27.1 Å². The molecule has 3 rings (SSSR count). The third-order valence-corrected chi connectivity index (χ3v) is 7.47. The largest absolute Gasteiger partial charge is 0.376 e. The molecular formula is C19H24N2O4S2. The van der Waals surface area contributed by atoms with E-state index in [4.69, 9.17) is 4.74 Å². The number of rotatable bonds is 8. The van der Waals surface area contributed by atoms with Gasteiger partial charge in [0.25, 0.3) is 0 Å². The zero-order valence-corrected chi connectivity index (χ0v) is 16.9. The van der Waals surface area contributed by atoms with Crippen molar-refractivity contribution in [3.63, 3.8) is 0 Å². The molecule has 6 nitrogen and oxygen atoms in total. The fourth-order valence-electron chi connectivity index (χ4n) is 2.92. The van der Waals surface area contributed by atoms with Crippen LogP contribution in [0.15, 0.2) is 35.7 Å². The number of hydrogen-bond donors (Lipinski definition) is 1. The second kappa shape index (κ2) is 8.95. The average Bonchev–Trinajstić information content (AvgIpc) is 3.31. The van der Waals surface area contributed by atoms with Crippen LogP contribution < -0.4 is 5.32 Å². The van der Waals surface area contributed by atoms with Crippen LogP contribution in [-0.4, -0.2) is 43.8 Å². The smallest absolute Gasteiger partial charge is 0.238 e. The quantitative estimate of drug-likeness (QED) is 0.725. The van der Waals surface area contributed by atoms with Crippen molar-refractivity contribution in [3.8, 4) is 0 Å². The van der Waals surface area contributed by atoms with Crippen LogP contribution in [0.5, 0.6) is 0 Å². The van der Waals surface area contributed by atoms with Gasteiger partial charge in [0.15, 0.2) is 9.84 Å². The summed E-state index contributed by atoms with van der Waals surface area (Å²) in [6.45, 7) is 2.48. The molecule has 27 heavy (non-hydrogen) atoms. The molecule has 1 aromatic carbocycles. The first-order chi connectivity index (χ1) is 12.9. The van der Waals surface area contributed by atoms with Gasteiger partial charge >= 0.3 is 0 Å². The molecule has 146 valence electrons. The molecule has 1 fully saturated rings. The van der Waals surface area contributed by atoms with Gasteiger partial charge in [-0.25, -0.2) is 13.4 Å². The van der Waals surface area contributed by atoms with Crippen LogP contribution in [0, 0.1) is 0 Å². The Morgan fingerprint density at radius 2 is 2.15 bits per heavy atom. The summed E-state index contributed by atoms with van der Waals surface area (Å²) >= 11 is 1.44. The molecule has 1 aromatic heterocycles. The molecule has 0 bridgehead atoms. The van der Waals surface area contributed by atoms with E-state index in [1.54, 1.807) is 5.38 Å². The molecule has 1 amide bonds. The van der Waals surface area contributed by atoms with Crippen LogP contribution in [0.2, 0.25) is 0 Å². The van der Waals surface area contributed by atoms with Crippen LogP contribution in [0.3, 0.4) is 0 Å². The molecule has 1 N–H and O–H groups in total. The standard InChI is InChI=1S/C19H24N2O4S2/c1-14(19(22)20-11-17-8-5-9-25-17)27(23,24)13-16-12-26-18(21-16)10-15-6-3-2-4-7-15/h2-4,6-7,12,14,17H,5,8-11,13H2,1H3,(H,20,22). The molecule has 2 aromatic rings. The molecule has 8 heteroatoms. The molecule has 0 aliphatic carbocycles. The highest BCUT2D eigenvalue weighted by atomic mass is 32.2. The minimum atomic E-state index is -3.63. The Bertz CT molecular complexity index is 859. The maximum Gasteiger partial charge on any atom is 0.238 e. The first-order valence-electron chi connectivity index (χ1n) is 9.02. The monoisotopic (exact) mass is 408 g/mol. The fraction of sp³-hybridized carbons (Fsp3) is 0.474. The maximum absolute atomic E-state index is 12.6. The van der Waals surface area contributed by atoms with Gasteiger partial charge < -0.3 is 10.1 Å². The van der Waals surface area contributed by atoms with E-state index in [9.17, 15) is 13.2 Å². The van der Waals surface area contributed by atoms with Crippen molar-refractivity contribution in [3.05, 3.63) is 52.0 Å². The third-order valence-electron chi connectivity index (χ3n) is 4.58. The number of carbonyl (C=O) groups excluding carboxylic acids is 1. The van der Waals surface area contributed by atoms with Crippen molar-refractivity contribution in [1.82, 2.24) is 10.3 Å². The van der Waals surface area contributed by atoms with Crippen LogP contribution in [0.25, 0.3) is 0 Å². The SMILES string of the molecule is CC(C(=O)NCC1CCCO1)S(=O)(=O)Cc1csc(Cc2ccccc2)n1. The maximum atomic E-state index is 12.6. The number of nitrogens with one attached hydrogen (secondary N) is 1. The summed E-state index contributed by atoms with van der Waals surface area (Å²) < 4.78 is 30.6. The Kier molecular flexibility index (Phi) is 6.62. The number of carbonyl (C=O) groups is 1. The van der Waals surface area contributed by atoms with E-state index in [2.05, 4.69) is 10.3 Å². The number of thiazole rings is 1. The van der Waals surface area contributed by atoms with Gasteiger partial charge in [0.05, 0.1) is 22.6 Å². The van der Waals surface area contributed by atoms with Crippen LogP contribution in [0.1, 0.15) is 36.0 Å². The van der Waals surface area contributed by atoms with Crippen LogP contribution >= 0.6 is 11.3 Å². The second-order valence-corrected chi connectivity index (χ2v) is 9.99.